The molecule has 4 heteroatoms. The molecule has 3 nitrogen and oxygen atoms in total. The van der Waals surface area contributed by atoms with E-state index in [0.717, 1.165) is 13.0 Å². The van der Waals surface area contributed by atoms with Crippen LogP contribution in [0.15, 0.2) is 24.3 Å². The topological polar surface area (TPSA) is 41.1 Å². The van der Waals surface area contributed by atoms with Gasteiger partial charge >= 0.3 is 0 Å². The van der Waals surface area contributed by atoms with Crippen LogP contribution in [0.4, 0.5) is 4.39 Å². The van der Waals surface area contributed by atoms with Crippen molar-refractivity contribution in [1.82, 2.24) is 10.6 Å². The van der Waals surface area contributed by atoms with Crippen LogP contribution in [0.5, 0.6) is 0 Å². The van der Waals surface area contributed by atoms with Crippen LogP contribution in [0.1, 0.15) is 31.9 Å². The minimum absolute atomic E-state index is 0.0109. The molecule has 0 bridgehead atoms. The molecule has 18 heavy (non-hydrogen) atoms. The van der Waals surface area contributed by atoms with Crippen LogP contribution in [-0.2, 0) is 4.79 Å². The van der Waals surface area contributed by atoms with Crippen molar-refractivity contribution >= 4 is 5.91 Å². The zero-order valence-electron chi connectivity index (χ0n) is 10.8. The highest BCUT2D eigenvalue weighted by Gasteiger charge is 2.36. The van der Waals surface area contributed by atoms with E-state index in [1.807, 2.05) is 13.8 Å². The van der Waals surface area contributed by atoms with Gasteiger partial charge in [0.15, 0.2) is 0 Å². The molecular weight excluding hydrogens is 231 g/mol. The zero-order chi connectivity index (χ0) is 13.2. The smallest absolute Gasteiger partial charge is 0.227 e. The number of amides is 1. The first-order valence-electron chi connectivity index (χ1n) is 6.29. The van der Waals surface area contributed by atoms with Crippen molar-refractivity contribution in [1.29, 1.82) is 0 Å². The highest BCUT2D eigenvalue weighted by atomic mass is 19.1. The summed E-state index contributed by atoms with van der Waals surface area (Å²) in [5.41, 5.74) is 0.153. The average molecular weight is 250 g/mol. The summed E-state index contributed by atoms with van der Waals surface area (Å²) in [5.74, 6) is -0.289. The van der Waals surface area contributed by atoms with Gasteiger partial charge in [-0.3, -0.25) is 4.79 Å². The molecule has 1 aromatic carbocycles. The summed E-state index contributed by atoms with van der Waals surface area (Å²) < 4.78 is 13.6. The normalized spacial score (nSPS) is 24.8. The van der Waals surface area contributed by atoms with E-state index in [-0.39, 0.29) is 23.2 Å². The maximum Gasteiger partial charge on any atom is 0.227 e. The van der Waals surface area contributed by atoms with Crippen molar-refractivity contribution in [2.75, 3.05) is 13.1 Å². The molecule has 0 aromatic heterocycles. The minimum atomic E-state index is -0.375. The van der Waals surface area contributed by atoms with Gasteiger partial charge in [0.25, 0.3) is 0 Å². The summed E-state index contributed by atoms with van der Waals surface area (Å²) in [5, 5.41) is 6.08. The van der Waals surface area contributed by atoms with E-state index in [0.29, 0.717) is 12.1 Å². The largest absolute Gasteiger partial charge is 0.349 e. The lowest BCUT2D eigenvalue weighted by atomic mass is 9.88. The van der Waals surface area contributed by atoms with E-state index in [2.05, 4.69) is 10.6 Å². The monoisotopic (exact) mass is 250 g/mol. The standard InChI is InChI=1S/C14H19FN2O/c1-10(11-5-3-4-6-12(11)15)17-13(18)14(2)7-8-16-9-14/h3-6,10,16H,7-9H2,1-2H3,(H,17,18). The fourth-order valence-corrected chi connectivity index (χ4v) is 2.29. The van der Waals surface area contributed by atoms with Gasteiger partial charge < -0.3 is 10.6 Å². The number of carbonyl (C=O) groups is 1. The van der Waals surface area contributed by atoms with Crippen molar-refractivity contribution in [2.24, 2.45) is 5.41 Å². The van der Waals surface area contributed by atoms with Crippen LogP contribution in [0.25, 0.3) is 0 Å². The first-order chi connectivity index (χ1) is 8.53. The Morgan fingerprint density at radius 2 is 2.22 bits per heavy atom. The summed E-state index contributed by atoms with van der Waals surface area (Å²) in [6.45, 7) is 5.29. The molecule has 0 saturated carbocycles. The molecule has 2 unspecified atom stereocenters. The first-order valence-corrected chi connectivity index (χ1v) is 6.29. The van der Waals surface area contributed by atoms with Crippen LogP contribution in [0, 0.1) is 11.2 Å². The molecule has 1 fully saturated rings. The Hall–Kier alpha value is -1.42. The van der Waals surface area contributed by atoms with Gasteiger partial charge in [0.2, 0.25) is 5.91 Å². The molecule has 2 rings (SSSR count). The molecule has 98 valence electrons. The van der Waals surface area contributed by atoms with Gasteiger partial charge in [-0.05, 0) is 32.9 Å². The molecule has 1 heterocycles. The Morgan fingerprint density at radius 1 is 1.50 bits per heavy atom. The third kappa shape index (κ3) is 2.53. The van der Waals surface area contributed by atoms with Crippen molar-refractivity contribution in [3.63, 3.8) is 0 Å². The summed E-state index contributed by atoms with van der Waals surface area (Å²) in [6, 6.07) is 6.23. The number of hydrogen-bond acceptors (Lipinski definition) is 2. The van der Waals surface area contributed by atoms with Crippen molar-refractivity contribution in [3.05, 3.63) is 35.6 Å². The van der Waals surface area contributed by atoms with E-state index in [9.17, 15) is 9.18 Å². The predicted molar refractivity (Wildman–Crippen MR) is 68.6 cm³/mol. The molecule has 2 atom stereocenters. The van der Waals surface area contributed by atoms with Crippen LogP contribution < -0.4 is 10.6 Å². The van der Waals surface area contributed by atoms with Crippen molar-refractivity contribution < 1.29 is 9.18 Å². The molecule has 0 aliphatic carbocycles. The quantitative estimate of drug-likeness (QED) is 0.861. The van der Waals surface area contributed by atoms with E-state index in [1.54, 1.807) is 18.2 Å². The van der Waals surface area contributed by atoms with Gasteiger partial charge in [-0.2, -0.15) is 0 Å². The fourth-order valence-electron chi connectivity index (χ4n) is 2.29. The maximum atomic E-state index is 13.6. The third-order valence-corrected chi connectivity index (χ3v) is 3.64. The fraction of sp³-hybridized carbons (Fsp3) is 0.500. The number of benzene rings is 1. The molecule has 1 aromatic rings. The number of nitrogens with one attached hydrogen (secondary N) is 2. The second-order valence-corrected chi connectivity index (χ2v) is 5.20. The third-order valence-electron chi connectivity index (χ3n) is 3.64. The minimum Gasteiger partial charge on any atom is -0.349 e. The van der Waals surface area contributed by atoms with Gasteiger partial charge in [0.1, 0.15) is 5.82 Å². The highest BCUT2D eigenvalue weighted by molar-refractivity contribution is 5.83. The van der Waals surface area contributed by atoms with Gasteiger partial charge in [0, 0.05) is 12.1 Å². The van der Waals surface area contributed by atoms with E-state index < -0.39 is 0 Å². The lowest BCUT2D eigenvalue weighted by Crippen LogP contribution is -2.41. The lowest BCUT2D eigenvalue weighted by Gasteiger charge is -2.24. The zero-order valence-corrected chi connectivity index (χ0v) is 10.8. The number of rotatable bonds is 3. The maximum absolute atomic E-state index is 13.6. The lowest BCUT2D eigenvalue weighted by molar-refractivity contribution is -0.129. The molecule has 1 aliphatic rings. The molecule has 0 spiro atoms. The Kier molecular flexibility index (Phi) is 3.66. The summed E-state index contributed by atoms with van der Waals surface area (Å²) >= 11 is 0. The molecule has 1 aliphatic heterocycles. The van der Waals surface area contributed by atoms with E-state index >= 15 is 0 Å². The SMILES string of the molecule is CC(NC(=O)C1(C)CCNC1)c1ccccc1F. The number of halogens is 1. The second kappa shape index (κ2) is 5.06. The summed E-state index contributed by atoms with van der Waals surface area (Å²) in [7, 11) is 0. The molecule has 2 N–H and O–H groups in total. The van der Waals surface area contributed by atoms with Gasteiger partial charge in [-0.1, -0.05) is 18.2 Å². The Labute approximate surface area is 107 Å². The van der Waals surface area contributed by atoms with Crippen molar-refractivity contribution in [2.45, 2.75) is 26.3 Å². The Bertz CT molecular complexity index is 441. The molecule has 1 amide bonds. The number of carbonyl (C=O) groups excluding carboxylic acids is 1. The Morgan fingerprint density at radius 3 is 2.83 bits per heavy atom. The highest BCUT2D eigenvalue weighted by Crippen LogP contribution is 2.26. The van der Waals surface area contributed by atoms with E-state index in [1.165, 1.54) is 6.07 Å². The molecular formula is C14H19FN2O. The van der Waals surface area contributed by atoms with Gasteiger partial charge in [0.05, 0.1) is 11.5 Å². The van der Waals surface area contributed by atoms with E-state index in [4.69, 9.17) is 0 Å². The number of hydrogen-bond donors (Lipinski definition) is 2. The average Bonchev–Trinajstić information content (AvgIpc) is 2.78. The van der Waals surface area contributed by atoms with Crippen molar-refractivity contribution in [3.8, 4) is 0 Å². The van der Waals surface area contributed by atoms with Crippen LogP contribution in [0.2, 0.25) is 0 Å². The summed E-state index contributed by atoms with van der Waals surface area (Å²) in [6.07, 6.45) is 0.822. The van der Waals surface area contributed by atoms with Crippen LogP contribution >= 0.6 is 0 Å². The first kappa shape index (κ1) is 13.0. The molecule has 0 radical (unpaired) electrons. The summed E-state index contributed by atoms with van der Waals surface area (Å²) in [4.78, 5) is 12.2. The van der Waals surface area contributed by atoms with Crippen LogP contribution in [-0.4, -0.2) is 19.0 Å². The second-order valence-electron chi connectivity index (χ2n) is 5.20. The van der Waals surface area contributed by atoms with Gasteiger partial charge in [-0.25, -0.2) is 4.39 Å². The van der Waals surface area contributed by atoms with Crippen LogP contribution in [0.3, 0.4) is 0 Å². The predicted octanol–water partition coefficient (Wildman–Crippen LogP) is 2.00. The van der Waals surface area contributed by atoms with Gasteiger partial charge in [-0.15, -0.1) is 0 Å². The molecule has 1 saturated heterocycles. The Balaban J connectivity index is 2.06.